The summed E-state index contributed by atoms with van der Waals surface area (Å²) in [6.45, 7) is 4.00. The smallest absolute Gasteiger partial charge is 0.216 e. The van der Waals surface area contributed by atoms with Gasteiger partial charge in [0.1, 0.15) is 70.6 Å². The van der Waals surface area contributed by atoms with Crippen LogP contribution < -0.4 is 20.2 Å². The van der Waals surface area contributed by atoms with E-state index in [4.69, 9.17) is 9.47 Å². The minimum absolute atomic E-state index is 0.0204. The van der Waals surface area contributed by atoms with Crippen LogP contribution in [-0.2, 0) is 64.3 Å². The molecule has 0 atom stereocenters. The van der Waals surface area contributed by atoms with Crippen LogP contribution in [-0.4, -0.2) is 27.0 Å². The Morgan fingerprint density at radius 3 is 1.08 bits per heavy atom. The van der Waals surface area contributed by atoms with Crippen LogP contribution in [0.25, 0.3) is 25.1 Å². The first-order valence-corrected chi connectivity index (χ1v) is 49.9. The number of hydrogen-bond acceptors (Lipinski definition) is 7. The Bertz CT molecular complexity index is 6090. The van der Waals surface area contributed by atoms with E-state index in [0.29, 0.717) is 20.7 Å². The Balaban J connectivity index is 0.000000107. The van der Waals surface area contributed by atoms with Crippen molar-refractivity contribution in [3.05, 3.63) is 429 Å². The van der Waals surface area contributed by atoms with Crippen molar-refractivity contribution in [1.29, 1.82) is 0 Å². The number of methoxy groups -OCH3 is 1. The Kier molecular flexibility index (Phi) is 26.9. The highest BCUT2D eigenvalue weighted by Crippen LogP contribution is 2.51. The predicted octanol–water partition coefficient (Wildman–Crippen LogP) is 27.9. The molecule has 0 bridgehead atoms. The van der Waals surface area contributed by atoms with Crippen molar-refractivity contribution in [1.82, 2.24) is 0 Å². The average molecular weight is 1700 g/mol. The molecule has 0 radical (unpaired) electrons. The van der Waals surface area contributed by atoms with Gasteiger partial charge in [0, 0.05) is 21.4 Å². The fourth-order valence-corrected chi connectivity index (χ4v) is 32.4. The van der Waals surface area contributed by atoms with E-state index >= 15 is 0 Å². The lowest BCUT2D eigenvalue weighted by molar-refractivity contribution is 0.414. The lowest BCUT2D eigenvalue weighted by atomic mass is 10.2. The van der Waals surface area contributed by atoms with Gasteiger partial charge in [0.2, 0.25) is 25.1 Å². The van der Waals surface area contributed by atoms with Crippen LogP contribution in [0.4, 0.5) is 11.4 Å². The van der Waals surface area contributed by atoms with E-state index in [1.165, 1.54) is 101 Å². The number of hydrogen-bond donors (Lipinski definition) is 1. The van der Waals surface area contributed by atoms with Crippen molar-refractivity contribution in [3.63, 3.8) is 0 Å². The number of para-hydroxylation sites is 4. The monoisotopic (exact) mass is 1700 g/mol. The minimum Gasteiger partial charge on any atom is -0.497 e. The third-order valence-electron chi connectivity index (χ3n) is 20.2. The molecule has 119 heavy (non-hydrogen) atoms. The van der Waals surface area contributed by atoms with E-state index < -0.39 is 9.84 Å². The van der Waals surface area contributed by atoms with E-state index in [9.17, 15) is 13.2 Å². The van der Waals surface area contributed by atoms with Crippen molar-refractivity contribution in [2.75, 3.05) is 23.9 Å². The van der Waals surface area contributed by atoms with Crippen LogP contribution >= 0.6 is 22.2 Å². The molecule has 6 heterocycles. The summed E-state index contributed by atoms with van der Waals surface area (Å²) < 4.78 is 39.3. The quantitative estimate of drug-likeness (QED) is 0.126. The Labute approximate surface area is 720 Å². The van der Waals surface area contributed by atoms with Gasteiger partial charge in [-0.1, -0.05) is 238 Å². The van der Waals surface area contributed by atoms with Crippen LogP contribution in [0, 0.1) is 0 Å². The molecular weight excluding hydrogens is 1610 g/mol. The van der Waals surface area contributed by atoms with E-state index in [1.54, 1.807) is 36.3 Å². The molecule has 17 aromatic rings. The third kappa shape index (κ3) is 18.1. The first-order valence-electron chi connectivity index (χ1n) is 39.9. The summed E-state index contributed by atoms with van der Waals surface area (Å²) in [5, 5.41) is 5.22. The summed E-state index contributed by atoms with van der Waals surface area (Å²) >= 11 is 1.89. The van der Waals surface area contributed by atoms with E-state index in [2.05, 4.69) is 278 Å². The van der Waals surface area contributed by atoms with Gasteiger partial charge in [0.15, 0.2) is 79.6 Å². The molecule has 5 aliphatic heterocycles. The lowest BCUT2D eigenvalue weighted by Gasteiger charge is -2.20. The number of ether oxygens (including phenoxy) is 2. The lowest BCUT2D eigenvalue weighted by Crippen LogP contribution is -2.20. The van der Waals surface area contributed by atoms with Crippen molar-refractivity contribution in [2.45, 2.75) is 116 Å². The highest BCUT2D eigenvalue weighted by Gasteiger charge is 2.46. The van der Waals surface area contributed by atoms with Gasteiger partial charge < -0.3 is 14.8 Å². The summed E-state index contributed by atoms with van der Waals surface area (Å²) in [6.07, 6.45) is 4.34. The zero-order valence-corrected chi connectivity index (χ0v) is 72.7. The van der Waals surface area contributed by atoms with Gasteiger partial charge >= 0.3 is 0 Å². The molecule has 0 saturated carbocycles. The summed E-state index contributed by atoms with van der Waals surface area (Å²) in [5.74, 6) is 5.64. The van der Waals surface area contributed by atoms with Gasteiger partial charge in [-0.3, -0.25) is 4.79 Å². The second-order valence-electron chi connectivity index (χ2n) is 27.6. The van der Waals surface area contributed by atoms with E-state index in [0.717, 1.165) is 52.1 Å². The Morgan fingerprint density at radius 2 is 0.630 bits per heavy atom. The van der Waals surface area contributed by atoms with Crippen molar-refractivity contribution in [3.8, 4) is 22.1 Å². The average Bonchev–Trinajstić information content (AvgIpc) is 0.761. The molecule has 0 spiro atoms. The zero-order chi connectivity index (χ0) is 81.3. The second-order valence-corrected chi connectivity index (χ2v) is 42.6. The molecule has 0 amide bonds. The number of anilines is 2. The van der Waals surface area contributed by atoms with Crippen molar-refractivity contribution < 1.29 is 17.9 Å². The Morgan fingerprint density at radius 1 is 0.311 bits per heavy atom. The topological polar surface area (TPSA) is 81.7 Å². The van der Waals surface area contributed by atoms with Gasteiger partial charge in [-0.25, -0.2) is 8.42 Å². The molecule has 1 fully saturated rings. The van der Waals surface area contributed by atoms with E-state index in [1.807, 2.05) is 147 Å². The maximum absolute atomic E-state index is 12.9. The summed E-state index contributed by atoms with van der Waals surface area (Å²) in [5.41, 5.74) is 2.58. The molecule has 16 aromatic carbocycles. The second kappa shape index (κ2) is 39.2. The molecule has 1 aromatic heterocycles. The number of benzene rings is 16. The van der Waals surface area contributed by atoms with Gasteiger partial charge in [-0.2, -0.15) is 0 Å². The highest BCUT2D eigenvalue weighted by molar-refractivity contribution is 8.04. The maximum atomic E-state index is 12.9. The first-order chi connectivity index (χ1) is 58.7. The summed E-state index contributed by atoms with van der Waals surface area (Å²) in [4.78, 5) is 34.2. The van der Waals surface area contributed by atoms with Crippen LogP contribution in [0.1, 0.15) is 33.1 Å². The van der Waals surface area contributed by atoms with Gasteiger partial charge in [0.05, 0.1) is 39.0 Å². The zero-order valence-electron chi connectivity index (χ0n) is 66.2. The molecule has 22 rings (SSSR count). The number of fused-ring (bicyclic) bond motifs is 10. The van der Waals surface area contributed by atoms with Crippen LogP contribution in [0.15, 0.2) is 507 Å². The molecule has 0 aliphatic carbocycles. The highest BCUT2D eigenvalue weighted by atomic mass is 32.2. The van der Waals surface area contributed by atoms with E-state index in [-0.39, 0.29) is 59.5 Å². The molecule has 0 unspecified atom stereocenters. The number of rotatable bonds is 7. The third-order valence-corrected chi connectivity index (χ3v) is 37.9. The maximum Gasteiger partial charge on any atom is 0.216 e. The van der Waals surface area contributed by atoms with Gasteiger partial charge in [-0.15, -0.1) is 0 Å². The normalized spacial score (nSPS) is 13.8. The largest absolute Gasteiger partial charge is 0.497 e. The van der Waals surface area contributed by atoms with Crippen LogP contribution in [0.3, 0.4) is 0 Å². The van der Waals surface area contributed by atoms with Crippen LogP contribution in [0.5, 0.6) is 17.2 Å². The minimum atomic E-state index is -3.44. The molecule has 586 valence electrons. The van der Waals surface area contributed by atoms with Crippen molar-refractivity contribution >= 4 is 118 Å². The molecule has 14 heteroatoms. The molecular formula is C105H89NO5S8+6. The SMILES string of the molecule is CC.COc1ccc([S+]2c3ccccc3Oc3ccccc32)cc1.O=S1(=O)c2ccccc2[S+](c2ccccc2)c2ccccc21.O=c1c2ccccc2[s+](-c2ccccc2)c2ccccc12.c1ccc([S+]2CCCCC2)cc1.c1ccc([S+]2c3ccccc3Nc3ccccc32)cc1.c1ccc([S+]2c3ccccc3Sc3ccccc32)cc1. The van der Waals surface area contributed by atoms with Crippen molar-refractivity contribution in [2.24, 2.45) is 0 Å². The summed E-state index contributed by atoms with van der Waals surface area (Å²) in [7, 11) is -1.88. The number of sulfone groups is 1. The fraction of sp³-hybridized carbons (Fsp3) is 0.0762. The number of nitrogens with one attached hydrogen (secondary N) is 1. The molecule has 1 N–H and O–H groups in total. The predicted molar refractivity (Wildman–Crippen MR) is 504 cm³/mol. The molecule has 6 nitrogen and oxygen atoms in total. The first kappa shape index (κ1) is 81.6. The van der Waals surface area contributed by atoms with Gasteiger partial charge in [0.25, 0.3) is 0 Å². The molecule has 1 saturated heterocycles. The van der Waals surface area contributed by atoms with Gasteiger partial charge in [-0.05, 0) is 226 Å². The fourth-order valence-electron chi connectivity index (χ4n) is 14.8. The Hall–Kier alpha value is -11.1. The standard InChI is InChI=1S/C19H15O2S.C19H13OS.C18H14NS.C18H13O2S2.C18H13S2.C11H15S.C2H6/c1-20-14-10-12-15(13-11-14)22-18-8-4-2-6-16(18)21-17-7-3-5-9-19(17)22;20-19-15-10-4-6-12-17(15)21(14-8-2-1-3-9-14)18-13-7-5-11-16(18)19;1-2-8-14(9-3-1)20-17-12-6-4-10-15(17)19-16-11-5-7-13-18(16)20;19-22(20)17-12-6-4-10-15(17)21(14-8-2-1-3-9-14)16-11-5-7-13-18(16)22;1-2-8-14(9-3-1)20-17-12-6-4-10-15(17)19-16-11-5-7-13-18(16)20;1-3-7-11(8-4-1)12-9-5-2-6-10-12;1-2/h2-13H,1H3;1-13H;1-13,19H;1-13H;1-13H;1,3-4,7-8H,2,5-6,9-10H2;1-2H3/q6*+1;. The van der Waals surface area contributed by atoms with Crippen LogP contribution in [0.2, 0.25) is 0 Å². The molecule has 5 aliphatic rings. The summed E-state index contributed by atoms with van der Waals surface area (Å²) in [6, 6.07) is 143.